The van der Waals surface area contributed by atoms with Crippen LogP contribution in [0.3, 0.4) is 0 Å². The molecule has 0 bridgehead atoms. The number of rotatable bonds is 8. The van der Waals surface area contributed by atoms with Crippen molar-refractivity contribution in [2.24, 2.45) is 5.73 Å². The van der Waals surface area contributed by atoms with Crippen LogP contribution >= 0.6 is 11.8 Å². The molecule has 0 unspecified atom stereocenters. The number of fused-ring (bicyclic) bond motifs is 1. The Morgan fingerprint density at radius 2 is 2.27 bits per heavy atom. The van der Waals surface area contributed by atoms with Gasteiger partial charge in [-0.05, 0) is 31.4 Å². The number of aromatic amines is 1. The third kappa shape index (κ3) is 4.54. The van der Waals surface area contributed by atoms with Gasteiger partial charge in [-0.2, -0.15) is 0 Å². The third-order valence-electron chi connectivity index (χ3n) is 5.12. The number of nitrogens with two attached hydrogens (primary N) is 1. The smallest absolute Gasteiger partial charge is 0.258 e. The normalized spacial score (nSPS) is 16.4. The summed E-state index contributed by atoms with van der Waals surface area (Å²) in [6.45, 7) is 3.33. The molecule has 1 amide bonds. The second kappa shape index (κ2) is 8.97. The molecule has 1 aromatic carbocycles. The number of aromatic nitrogens is 5. The van der Waals surface area contributed by atoms with Crippen LogP contribution in [0.1, 0.15) is 36.5 Å². The van der Waals surface area contributed by atoms with Gasteiger partial charge >= 0.3 is 0 Å². The van der Waals surface area contributed by atoms with E-state index in [0.717, 1.165) is 25.0 Å². The van der Waals surface area contributed by atoms with Crippen molar-refractivity contribution in [2.45, 2.75) is 56.2 Å². The molecule has 30 heavy (non-hydrogen) atoms. The second-order valence-electron chi connectivity index (χ2n) is 7.38. The number of ether oxygens (including phenoxy) is 1. The molecule has 1 atom stereocenters. The highest BCUT2D eigenvalue weighted by Crippen LogP contribution is 2.24. The Morgan fingerprint density at radius 3 is 3.03 bits per heavy atom. The molecule has 3 aromatic rings. The molecule has 0 aliphatic carbocycles. The van der Waals surface area contributed by atoms with Gasteiger partial charge in [-0.3, -0.25) is 9.59 Å². The lowest BCUT2D eigenvalue weighted by atomic mass is 10.1. The lowest BCUT2D eigenvalue weighted by Crippen LogP contribution is -2.19. The number of primary amides is 1. The first-order valence-electron chi connectivity index (χ1n) is 9.94. The molecule has 158 valence electrons. The van der Waals surface area contributed by atoms with E-state index >= 15 is 0 Å². The molecule has 9 nitrogen and oxygen atoms in total. The molecule has 0 saturated carbocycles. The summed E-state index contributed by atoms with van der Waals surface area (Å²) < 4.78 is 7.76. The molecule has 1 aliphatic heterocycles. The average Bonchev–Trinajstić information content (AvgIpc) is 3.36. The summed E-state index contributed by atoms with van der Waals surface area (Å²) >= 11 is 1.45. The number of benzene rings is 1. The number of nitrogens with zero attached hydrogens (tertiary/aromatic N) is 4. The van der Waals surface area contributed by atoms with Gasteiger partial charge in [0.05, 0.1) is 29.3 Å². The Labute approximate surface area is 177 Å². The topological polar surface area (TPSA) is 129 Å². The van der Waals surface area contributed by atoms with E-state index in [0.29, 0.717) is 46.4 Å². The van der Waals surface area contributed by atoms with Gasteiger partial charge in [-0.15, -0.1) is 10.2 Å². The van der Waals surface area contributed by atoms with Crippen LogP contribution in [0.5, 0.6) is 0 Å². The number of carbonyl (C=O) groups is 1. The molecular formula is C20H24N6O3S. The highest BCUT2D eigenvalue weighted by molar-refractivity contribution is 7.98. The van der Waals surface area contributed by atoms with E-state index in [1.54, 1.807) is 6.07 Å². The first-order chi connectivity index (χ1) is 14.5. The van der Waals surface area contributed by atoms with Crippen molar-refractivity contribution in [3.8, 4) is 0 Å². The summed E-state index contributed by atoms with van der Waals surface area (Å²) in [7, 11) is 0. The van der Waals surface area contributed by atoms with E-state index in [9.17, 15) is 9.59 Å². The molecular weight excluding hydrogens is 404 g/mol. The Kier molecular flexibility index (Phi) is 6.14. The van der Waals surface area contributed by atoms with Gasteiger partial charge in [0.25, 0.3) is 5.56 Å². The molecule has 4 rings (SSSR count). The number of hydrogen-bond acceptors (Lipinski definition) is 7. The molecule has 0 radical (unpaired) electrons. The van der Waals surface area contributed by atoms with Gasteiger partial charge in [0.2, 0.25) is 5.91 Å². The Hall–Kier alpha value is -2.72. The lowest BCUT2D eigenvalue weighted by molar-refractivity contribution is -0.118. The lowest BCUT2D eigenvalue weighted by Gasteiger charge is -2.14. The van der Waals surface area contributed by atoms with Crippen molar-refractivity contribution in [1.29, 1.82) is 0 Å². The monoisotopic (exact) mass is 428 g/mol. The maximum atomic E-state index is 12.4. The summed E-state index contributed by atoms with van der Waals surface area (Å²) in [5, 5.41) is 9.85. The Bertz CT molecular complexity index is 1120. The zero-order chi connectivity index (χ0) is 21.1. The largest absolute Gasteiger partial charge is 0.376 e. The van der Waals surface area contributed by atoms with Crippen molar-refractivity contribution in [1.82, 2.24) is 24.7 Å². The van der Waals surface area contributed by atoms with Crippen molar-refractivity contribution < 1.29 is 9.53 Å². The number of amides is 1. The quantitative estimate of drug-likeness (QED) is 0.523. The van der Waals surface area contributed by atoms with Gasteiger partial charge in [-0.1, -0.05) is 23.9 Å². The number of H-pyrrole nitrogens is 1. The maximum absolute atomic E-state index is 12.4. The Balaban J connectivity index is 1.56. The van der Waals surface area contributed by atoms with Crippen LogP contribution in [-0.4, -0.2) is 43.4 Å². The van der Waals surface area contributed by atoms with E-state index < -0.39 is 0 Å². The summed E-state index contributed by atoms with van der Waals surface area (Å²) in [4.78, 5) is 31.1. The number of hydrogen-bond donors (Lipinski definition) is 2. The third-order valence-corrected chi connectivity index (χ3v) is 6.10. The van der Waals surface area contributed by atoms with E-state index in [-0.39, 0.29) is 24.0 Å². The zero-order valence-corrected chi connectivity index (χ0v) is 17.6. The molecule has 3 heterocycles. The van der Waals surface area contributed by atoms with Crippen molar-refractivity contribution in [3.05, 3.63) is 45.8 Å². The summed E-state index contributed by atoms with van der Waals surface area (Å²) in [6, 6.07) is 5.56. The molecule has 2 aromatic heterocycles. The first kappa shape index (κ1) is 20.5. The van der Waals surface area contributed by atoms with Crippen molar-refractivity contribution in [3.63, 3.8) is 0 Å². The fourth-order valence-electron chi connectivity index (χ4n) is 3.57. The van der Waals surface area contributed by atoms with Crippen LogP contribution < -0.4 is 11.3 Å². The van der Waals surface area contributed by atoms with Gasteiger partial charge in [0.15, 0.2) is 5.16 Å². The van der Waals surface area contributed by atoms with E-state index in [1.165, 1.54) is 11.8 Å². The zero-order valence-electron chi connectivity index (χ0n) is 16.8. The number of nitrogens with one attached hydrogen (secondary N) is 1. The van der Waals surface area contributed by atoms with E-state index in [2.05, 4.69) is 20.2 Å². The SMILES string of the molecule is Cc1cccc2c(=O)[nH]c(CSc3nnc(CCC(N)=O)n3C[C@H]3CCCO3)nc12. The molecule has 0 spiro atoms. The van der Waals surface area contributed by atoms with E-state index in [1.807, 2.05) is 23.6 Å². The number of carbonyl (C=O) groups excluding carboxylic acids is 1. The standard InChI is InChI=1S/C20H24N6O3S/c1-12-4-2-6-14-18(12)22-16(23-19(14)28)11-30-20-25-24-17(8-7-15(21)27)26(20)10-13-5-3-9-29-13/h2,4,6,13H,3,5,7-11H2,1H3,(H2,21,27)(H,22,23,28)/t13-/m1/s1. The average molecular weight is 429 g/mol. The van der Waals surface area contributed by atoms with Crippen LogP contribution in [0.15, 0.2) is 28.2 Å². The number of thioether (sulfide) groups is 1. The molecule has 1 saturated heterocycles. The van der Waals surface area contributed by atoms with Crippen LogP contribution in [0.2, 0.25) is 0 Å². The summed E-state index contributed by atoms with van der Waals surface area (Å²) in [6.07, 6.45) is 2.77. The molecule has 1 aliphatic rings. The summed E-state index contributed by atoms with van der Waals surface area (Å²) in [5.74, 6) is 1.36. The maximum Gasteiger partial charge on any atom is 0.258 e. The van der Waals surface area contributed by atoms with Crippen LogP contribution in [0, 0.1) is 6.92 Å². The van der Waals surface area contributed by atoms with Gasteiger partial charge in [0.1, 0.15) is 11.6 Å². The summed E-state index contributed by atoms with van der Waals surface area (Å²) in [5.41, 5.74) is 6.81. The van der Waals surface area contributed by atoms with E-state index in [4.69, 9.17) is 10.5 Å². The van der Waals surface area contributed by atoms with Crippen LogP contribution in [0.25, 0.3) is 10.9 Å². The van der Waals surface area contributed by atoms with Crippen LogP contribution in [0.4, 0.5) is 0 Å². The van der Waals surface area contributed by atoms with Gasteiger partial charge in [0, 0.05) is 19.4 Å². The highest BCUT2D eigenvalue weighted by Gasteiger charge is 2.21. The predicted molar refractivity (Wildman–Crippen MR) is 113 cm³/mol. The number of para-hydroxylation sites is 1. The Morgan fingerprint density at radius 1 is 1.40 bits per heavy atom. The van der Waals surface area contributed by atoms with Crippen molar-refractivity contribution in [2.75, 3.05) is 6.61 Å². The fraction of sp³-hybridized carbons (Fsp3) is 0.450. The van der Waals surface area contributed by atoms with Gasteiger partial charge < -0.3 is 20.0 Å². The molecule has 10 heteroatoms. The number of aryl methyl sites for hydroxylation is 2. The first-order valence-corrected chi connectivity index (χ1v) is 10.9. The molecule has 3 N–H and O–H groups in total. The second-order valence-corrected chi connectivity index (χ2v) is 8.33. The minimum Gasteiger partial charge on any atom is -0.376 e. The van der Waals surface area contributed by atoms with Gasteiger partial charge in [-0.25, -0.2) is 4.98 Å². The molecule has 1 fully saturated rings. The highest BCUT2D eigenvalue weighted by atomic mass is 32.2. The van der Waals surface area contributed by atoms with Crippen LogP contribution in [-0.2, 0) is 28.2 Å². The minimum atomic E-state index is -0.371. The minimum absolute atomic E-state index is 0.105. The predicted octanol–water partition coefficient (Wildman–Crippen LogP) is 1.71. The fourth-order valence-corrected chi connectivity index (χ4v) is 4.41. The van der Waals surface area contributed by atoms with Crippen molar-refractivity contribution >= 4 is 28.6 Å².